The van der Waals surface area contributed by atoms with Gasteiger partial charge in [0.25, 0.3) is 5.91 Å². The van der Waals surface area contributed by atoms with Crippen LogP contribution in [-0.4, -0.2) is 29.8 Å². The van der Waals surface area contributed by atoms with Gasteiger partial charge in [0.1, 0.15) is 0 Å². The van der Waals surface area contributed by atoms with Crippen molar-refractivity contribution in [2.75, 3.05) is 7.05 Å². The van der Waals surface area contributed by atoms with Gasteiger partial charge in [0.2, 0.25) is 5.91 Å². The van der Waals surface area contributed by atoms with Crippen molar-refractivity contribution in [3.8, 4) is 6.07 Å². The molecule has 0 aromatic heterocycles. The number of nitrogens with zero attached hydrogens (tertiary/aromatic N) is 2. The molecule has 0 saturated carbocycles. The summed E-state index contributed by atoms with van der Waals surface area (Å²) in [5, 5.41) is 11.5. The van der Waals surface area contributed by atoms with Gasteiger partial charge in [-0.05, 0) is 55.3 Å². The molecule has 0 saturated heterocycles. The van der Waals surface area contributed by atoms with Gasteiger partial charge < -0.3 is 10.2 Å². The molecule has 2 amide bonds. The van der Waals surface area contributed by atoms with Gasteiger partial charge in [-0.1, -0.05) is 24.3 Å². The highest BCUT2D eigenvalue weighted by molar-refractivity contribution is 5.94. The van der Waals surface area contributed by atoms with Gasteiger partial charge in [0.15, 0.2) is 0 Å². The molecular weight excluding hydrogens is 338 g/mol. The molecule has 0 fully saturated rings. The Balaban J connectivity index is 2.08. The Morgan fingerprint density at radius 3 is 2.26 bits per heavy atom. The lowest BCUT2D eigenvalue weighted by molar-refractivity contribution is -0.128. The number of amides is 2. The molecule has 1 N–H and O–H groups in total. The van der Waals surface area contributed by atoms with Crippen molar-refractivity contribution < 1.29 is 9.59 Å². The maximum atomic E-state index is 12.6. The Morgan fingerprint density at radius 2 is 1.74 bits per heavy atom. The second-order valence-electron chi connectivity index (χ2n) is 6.40. The zero-order chi connectivity index (χ0) is 19.8. The van der Waals surface area contributed by atoms with E-state index in [0.717, 1.165) is 11.1 Å². The van der Waals surface area contributed by atoms with E-state index < -0.39 is 0 Å². The monoisotopic (exact) mass is 361 g/mol. The molecule has 0 unspecified atom stereocenters. The summed E-state index contributed by atoms with van der Waals surface area (Å²) in [7, 11) is 1.59. The highest BCUT2D eigenvalue weighted by atomic mass is 16.2. The van der Waals surface area contributed by atoms with Crippen LogP contribution in [0.15, 0.2) is 54.6 Å². The molecule has 0 atom stereocenters. The van der Waals surface area contributed by atoms with E-state index in [2.05, 4.69) is 11.4 Å². The number of hydrogen-bond acceptors (Lipinski definition) is 3. The normalized spacial score (nSPS) is 10.6. The molecule has 2 aromatic carbocycles. The van der Waals surface area contributed by atoms with Crippen LogP contribution in [0, 0.1) is 11.3 Å². The third-order valence-electron chi connectivity index (χ3n) is 4.16. The molecule has 0 aliphatic carbocycles. The van der Waals surface area contributed by atoms with Crippen molar-refractivity contribution in [3.05, 3.63) is 76.9 Å². The second-order valence-corrected chi connectivity index (χ2v) is 6.40. The van der Waals surface area contributed by atoms with Crippen LogP contribution < -0.4 is 5.32 Å². The van der Waals surface area contributed by atoms with Gasteiger partial charge in [0, 0.05) is 31.3 Å². The van der Waals surface area contributed by atoms with Crippen LogP contribution in [0.1, 0.15) is 40.9 Å². The van der Waals surface area contributed by atoms with Crippen molar-refractivity contribution in [2.45, 2.75) is 26.4 Å². The lowest BCUT2D eigenvalue weighted by atomic mass is 10.1. The first-order chi connectivity index (χ1) is 12.9. The van der Waals surface area contributed by atoms with E-state index in [1.807, 2.05) is 26.0 Å². The Morgan fingerprint density at radius 1 is 1.11 bits per heavy atom. The second kappa shape index (κ2) is 9.35. The van der Waals surface area contributed by atoms with Crippen LogP contribution in [0.3, 0.4) is 0 Å². The van der Waals surface area contributed by atoms with Crippen LogP contribution in [0.25, 0.3) is 6.08 Å². The molecule has 5 heteroatoms. The lowest BCUT2D eigenvalue weighted by Gasteiger charge is -2.25. The molecule has 0 spiro atoms. The summed E-state index contributed by atoms with van der Waals surface area (Å²) in [5.41, 5.74) is 2.99. The molecular formula is C22H23N3O2. The topological polar surface area (TPSA) is 73.2 Å². The fourth-order valence-corrected chi connectivity index (χ4v) is 2.55. The van der Waals surface area contributed by atoms with Crippen molar-refractivity contribution in [1.29, 1.82) is 5.26 Å². The summed E-state index contributed by atoms with van der Waals surface area (Å²) in [6.07, 6.45) is 3.28. The van der Waals surface area contributed by atoms with E-state index in [-0.39, 0.29) is 17.9 Å². The number of carbonyl (C=O) groups is 2. The fraction of sp³-hybridized carbons (Fsp3) is 0.227. The lowest BCUT2D eigenvalue weighted by Crippen LogP contribution is -2.35. The number of nitriles is 1. The van der Waals surface area contributed by atoms with E-state index in [1.165, 1.54) is 0 Å². The van der Waals surface area contributed by atoms with Gasteiger partial charge in [-0.25, -0.2) is 0 Å². The molecule has 0 aliphatic heterocycles. The Bertz CT molecular complexity index is 860. The first-order valence-corrected chi connectivity index (χ1v) is 8.74. The third kappa shape index (κ3) is 5.55. The Kier molecular flexibility index (Phi) is 6.90. The van der Waals surface area contributed by atoms with Gasteiger partial charge in [0.05, 0.1) is 11.6 Å². The average molecular weight is 361 g/mol. The van der Waals surface area contributed by atoms with E-state index in [9.17, 15) is 9.59 Å². The smallest absolute Gasteiger partial charge is 0.251 e. The van der Waals surface area contributed by atoms with Crippen LogP contribution in [0.5, 0.6) is 0 Å². The molecule has 0 radical (unpaired) electrons. The summed E-state index contributed by atoms with van der Waals surface area (Å²) >= 11 is 0. The van der Waals surface area contributed by atoms with Crippen LogP contribution in [0.4, 0.5) is 0 Å². The van der Waals surface area contributed by atoms with Crippen LogP contribution in [0.2, 0.25) is 0 Å². The van der Waals surface area contributed by atoms with Gasteiger partial charge in [-0.15, -0.1) is 0 Å². The third-order valence-corrected chi connectivity index (χ3v) is 4.16. The number of benzene rings is 2. The molecule has 2 aromatic rings. The van der Waals surface area contributed by atoms with Gasteiger partial charge in [-0.3, -0.25) is 9.59 Å². The Labute approximate surface area is 159 Å². The average Bonchev–Trinajstić information content (AvgIpc) is 2.70. The van der Waals surface area contributed by atoms with E-state index in [0.29, 0.717) is 17.7 Å². The maximum Gasteiger partial charge on any atom is 0.251 e. The van der Waals surface area contributed by atoms with Crippen LogP contribution >= 0.6 is 0 Å². The predicted molar refractivity (Wildman–Crippen MR) is 106 cm³/mol. The Hall–Kier alpha value is -3.39. The molecule has 27 heavy (non-hydrogen) atoms. The van der Waals surface area contributed by atoms with Crippen molar-refractivity contribution >= 4 is 17.9 Å². The molecule has 0 bridgehead atoms. The minimum Gasteiger partial charge on any atom is -0.355 e. The highest BCUT2D eigenvalue weighted by Gasteiger charge is 2.15. The molecule has 138 valence electrons. The van der Waals surface area contributed by atoms with Gasteiger partial charge >= 0.3 is 0 Å². The zero-order valence-electron chi connectivity index (χ0n) is 15.8. The summed E-state index contributed by atoms with van der Waals surface area (Å²) in [5.74, 6) is -0.236. The first-order valence-electron chi connectivity index (χ1n) is 8.74. The number of rotatable bonds is 6. The highest BCUT2D eigenvalue weighted by Crippen LogP contribution is 2.12. The number of nitrogens with one attached hydrogen (secondary N) is 1. The molecule has 2 rings (SSSR count). The first kappa shape index (κ1) is 19.9. The van der Waals surface area contributed by atoms with Crippen molar-refractivity contribution in [2.24, 2.45) is 0 Å². The van der Waals surface area contributed by atoms with Crippen LogP contribution in [-0.2, 0) is 11.3 Å². The minimum absolute atomic E-state index is 0.0356. The van der Waals surface area contributed by atoms with Crippen molar-refractivity contribution in [3.63, 3.8) is 0 Å². The fourth-order valence-electron chi connectivity index (χ4n) is 2.55. The standard InChI is InChI=1S/C22H23N3O2/c1-16(2)25(15-19-6-4-18(14-23)5-7-19)21(26)13-10-17-8-11-20(12-9-17)22(27)24-3/h4-13,16H,15H2,1-3H3,(H,24,27)/b13-10+. The molecule has 0 aliphatic rings. The molecule has 5 nitrogen and oxygen atoms in total. The molecule has 0 heterocycles. The quantitative estimate of drug-likeness (QED) is 0.802. The maximum absolute atomic E-state index is 12.6. The SMILES string of the molecule is CNC(=O)c1ccc(/C=C/C(=O)N(Cc2ccc(C#N)cc2)C(C)C)cc1. The van der Waals surface area contributed by atoms with E-state index in [4.69, 9.17) is 5.26 Å². The van der Waals surface area contributed by atoms with E-state index in [1.54, 1.807) is 60.5 Å². The summed E-state index contributed by atoms with van der Waals surface area (Å²) in [6, 6.07) is 16.4. The van der Waals surface area contributed by atoms with Crippen molar-refractivity contribution in [1.82, 2.24) is 10.2 Å². The zero-order valence-corrected chi connectivity index (χ0v) is 15.8. The summed E-state index contributed by atoms with van der Waals surface area (Å²) in [6.45, 7) is 4.41. The predicted octanol–water partition coefficient (Wildman–Crippen LogP) is 3.37. The summed E-state index contributed by atoms with van der Waals surface area (Å²) in [4.78, 5) is 26.0. The van der Waals surface area contributed by atoms with E-state index >= 15 is 0 Å². The largest absolute Gasteiger partial charge is 0.355 e. The number of carbonyl (C=O) groups excluding carboxylic acids is 2. The summed E-state index contributed by atoms with van der Waals surface area (Å²) < 4.78 is 0. The van der Waals surface area contributed by atoms with Gasteiger partial charge in [-0.2, -0.15) is 5.26 Å². The number of hydrogen-bond donors (Lipinski definition) is 1. The minimum atomic E-state index is -0.144.